The van der Waals surface area contributed by atoms with Gasteiger partial charge in [0.2, 0.25) is 5.82 Å². The zero-order chi connectivity index (χ0) is 12.5. The highest BCUT2D eigenvalue weighted by Crippen LogP contribution is 2.40. The van der Waals surface area contributed by atoms with Gasteiger partial charge in [-0.25, -0.2) is 0 Å². The molecule has 0 heterocycles. The van der Waals surface area contributed by atoms with Gasteiger partial charge in [-0.1, -0.05) is 0 Å². The van der Waals surface area contributed by atoms with E-state index >= 15 is 0 Å². The van der Waals surface area contributed by atoms with Gasteiger partial charge in [-0.05, 0) is 30.3 Å². The predicted molar refractivity (Wildman–Crippen MR) is 49.7 cm³/mol. The standard InChI is InChI=1S/C8H5F4NO2S/c1-4-2-5(13(14)15)7(9)6(3-4)16-8(10,11)12/h2-3H,1H3. The van der Waals surface area contributed by atoms with E-state index in [1.54, 1.807) is 0 Å². The molecule has 1 aromatic rings. The average molecular weight is 255 g/mol. The molecule has 0 aliphatic heterocycles. The third-order valence-electron chi connectivity index (χ3n) is 1.59. The van der Waals surface area contributed by atoms with Crippen molar-refractivity contribution in [3.8, 4) is 0 Å². The van der Waals surface area contributed by atoms with Crippen LogP contribution in [0, 0.1) is 22.9 Å². The Morgan fingerprint density at radius 1 is 1.38 bits per heavy atom. The van der Waals surface area contributed by atoms with Crippen molar-refractivity contribution in [3.63, 3.8) is 0 Å². The van der Waals surface area contributed by atoms with Gasteiger partial charge < -0.3 is 0 Å². The molecule has 88 valence electrons. The fourth-order valence-electron chi connectivity index (χ4n) is 1.05. The highest BCUT2D eigenvalue weighted by Gasteiger charge is 2.33. The van der Waals surface area contributed by atoms with Crippen LogP contribution in [0.1, 0.15) is 5.56 Å². The molecule has 0 fully saturated rings. The van der Waals surface area contributed by atoms with E-state index < -0.39 is 38.6 Å². The van der Waals surface area contributed by atoms with Gasteiger partial charge in [0.1, 0.15) is 0 Å². The van der Waals surface area contributed by atoms with E-state index in [0.29, 0.717) is 0 Å². The summed E-state index contributed by atoms with van der Waals surface area (Å²) in [7, 11) is 0. The second-order valence-corrected chi connectivity index (χ2v) is 4.01. The van der Waals surface area contributed by atoms with Crippen LogP contribution in [0.25, 0.3) is 0 Å². The molecular formula is C8H5F4NO2S. The van der Waals surface area contributed by atoms with E-state index in [1.807, 2.05) is 0 Å². The summed E-state index contributed by atoms with van der Waals surface area (Å²) in [6.07, 6.45) is 0. The van der Waals surface area contributed by atoms with E-state index in [-0.39, 0.29) is 5.56 Å². The molecule has 0 unspecified atom stereocenters. The third-order valence-corrected chi connectivity index (χ3v) is 2.34. The first kappa shape index (κ1) is 12.8. The van der Waals surface area contributed by atoms with Crippen LogP contribution in [0.3, 0.4) is 0 Å². The van der Waals surface area contributed by atoms with Crippen molar-refractivity contribution in [1.82, 2.24) is 0 Å². The largest absolute Gasteiger partial charge is 0.446 e. The Morgan fingerprint density at radius 3 is 2.38 bits per heavy atom. The van der Waals surface area contributed by atoms with Crippen molar-refractivity contribution in [2.75, 3.05) is 0 Å². The zero-order valence-corrected chi connectivity index (χ0v) is 8.66. The van der Waals surface area contributed by atoms with Crippen LogP contribution in [-0.2, 0) is 0 Å². The molecule has 0 radical (unpaired) electrons. The van der Waals surface area contributed by atoms with Crippen LogP contribution < -0.4 is 0 Å². The highest BCUT2D eigenvalue weighted by atomic mass is 32.2. The number of hydrogen-bond donors (Lipinski definition) is 0. The van der Waals surface area contributed by atoms with Crippen molar-refractivity contribution in [2.24, 2.45) is 0 Å². The summed E-state index contributed by atoms with van der Waals surface area (Å²) in [6, 6.07) is 1.80. The minimum absolute atomic E-state index is 0.194. The molecule has 0 aromatic heterocycles. The maximum absolute atomic E-state index is 13.3. The van der Waals surface area contributed by atoms with E-state index in [0.717, 1.165) is 12.1 Å². The molecule has 0 spiro atoms. The first-order valence-corrected chi connectivity index (χ1v) is 4.72. The molecule has 0 atom stereocenters. The second-order valence-electron chi connectivity index (χ2n) is 2.90. The number of nitrogens with zero attached hydrogens (tertiary/aromatic N) is 1. The molecule has 16 heavy (non-hydrogen) atoms. The maximum Gasteiger partial charge on any atom is 0.446 e. The number of nitro benzene ring substituents is 1. The Kier molecular flexibility index (Phi) is 3.41. The van der Waals surface area contributed by atoms with Gasteiger partial charge in [-0.2, -0.15) is 17.6 Å². The molecule has 3 nitrogen and oxygen atoms in total. The highest BCUT2D eigenvalue weighted by molar-refractivity contribution is 8.00. The lowest BCUT2D eigenvalue weighted by molar-refractivity contribution is -0.387. The van der Waals surface area contributed by atoms with Crippen LogP contribution in [0.2, 0.25) is 0 Å². The zero-order valence-electron chi connectivity index (χ0n) is 7.84. The Bertz CT molecular complexity index is 433. The summed E-state index contributed by atoms with van der Waals surface area (Å²) < 4.78 is 49.3. The normalized spacial score (nSPS) is 11.6. The topological polar surface area (TPSA) is 43.1 Å². The SMILES string of the molecule is Cc1cc(SC(F)(F)F)c(F)c([N+](=O)[O-])c1. The Morgan fingerprint density at radius 2 is 1.94 bits per heavy atom. The van der Waals surface area contributed by atoms with Crippen molar-refractivity contribution in [2.45, 2.75) is 17.3 Å². The fraction of sp³-hybridized carbons (Fsp3) is 0.250. The molecule has 0 aliphatic rings. The number of hydrogen-bond acceptors (Lipinski definition) is 3. The predicted octanol–water partition coefficient (Wildman–Crippen LogP) is 3.65. The quantitative estimate of drug-likeness (QED) is 0.350. The minimum atomic E-state index is -4.68. The summed E-state index contributed by atoms with van der Waals surface area (Å²) in [5.74, 6) is -1.46. The molecule has 0 bridgehead atoms. The molecule has 1 rings (SSSR count). The number of aryl methyl sites for hydroxylation is 1. The molecule has 0 amide bonds. The first-order valence-electron chi connectivity index (χ1n) is 3.91. The third kappa shape index (κ3) is 3.09. The monoisotopic (exact) mass is 255 g/mol. The van der Waals surface area contributed by atoms with Crippen LogP contribution >= 0.6 is 11.8 Å². The lowest BCUT2D eigenvalue weighted by Crippen LogP contribution is -2.02. The minimum Gasteiger partial charge on any atom is -0.258 e. The van der Waals surface area contributed by atoms with Crippen molar-refractivity contribution in [1.29, 1.82) is 0 Å². The number of benzene rings is 1. The molecule has 0 aliphatic carbocycles. The van der Waals surface area contributed by atoms with Crippen molar-refractivity contribution < 1.29 is 22.5 Å². The van der Waals surface area contributed by atoms with Crippen LogP contribution in [-0.4, -0.2) is 10.4 Å². The van der Waals surface area contributed by atoms with Crippen LogP contribution in [0.15, 0.2) is 17.0 Å². The Hall–Kier alpha value is -1.31. The average Bonchev–Trinajstić information content (AvgIpc) is 2.07. The summed E-state index contributed by atoms with van der Waals surface area (Å²) in [4.78, 5) is 8.52. The Balaban J connectivity index is 3.25. The number of halogens is 4. The molecule has 0 N–H and O–H groups in total. The number of nitro groups is 1. The summed E-state index contributed by atoms with van der Waals surface area (Å²) >= 11 is -0.706. The van der Waals surface area contributed by atoms with Gasteiger partial charge in [-0.3, -0.25) is 10.1 Å². The van der Waals surface area contributed by atoms with E-state index in [4.69, 9.17) is 0 Å². The number of thioether (sulfide) groups is 1. The van der Waals surface area contributed by atoms with Gasteiger partial charge in [-0.15, -0.1) is 0 Å². The summed E-state index contributed by atoms with van der Waals surface area (Å²) in [5.41, 5.74) is -5.44. The first-order chi connectivity index (χ1) is 7.20. The van der Waals surface area contributed by atoms with Gasteiger partial charge in [0, 0.05) is 6.07 Å². The van der Waals surface area contributed by atoms with Crippen molar-refractivity contribution >= 4 is 17.4 Å². The molecule has 0 saturated carbocycles. The number of alkyl halides is 3. The second kappa shape index (κ2) is 4.28. The smallest absolute Gasteiger partial charge is 0.258 e. The molecular weight excluding hydrogens is 250 g/mol. The lowest BCUT2D eigenvalue weighted by atomic mass is 10.2. The van der Waals surface area contributed by atoms with E-state index in [2.05, 4.69) is 0 Å². The van der Waals surface area contributed by atoms with E-state index in [9.17, 15) is 27.7 Å². The van der Waals surface area contributed by atoms with Gasteiger partial charge in [0.15, 0.2) is 0 Å². The lowest BCUT2D eigenvalue weighted by Gasteiger charge is -2.07. The van der Waals surface area contributed by atoms with Gasteiger partial charge in [0.05, 0.1) is 9.82 Å². The van der Waals surface area contributed by atoms with Crippen LogP contribution in [0.4, 0.5) is 23.2 Å². The fourth-order valence-corrected chi connectivity index (χ4v) is 1.74. The Labute approximate surface area is 91.6 Å². The van der Waals surface area contributed by atoms with Crippen molar-refractivity contribution in [3.05, 3.63) is 33.6 Å². The number of rotatable bonds is 2. The summed E-state index contributed by atoms with van der Waals surface area (Å²) in [5, 5.41) is 10.4. The van der Waals surface area contributed by atoms with E-state index in [1.165, 1.54) is 6.92 Å². The summed E-state index contributed by atoms with van der Waals surface area (Å²) in [6.45, 7) is 1.35. The molecule has 1 aromatic carbocycles. The molecule has 8 heteroatoms. The maximum atomic E-state index is 13.3. The van der Waals surface area contributed by atoms with Gasteiger partial charge in [0.25, 0.3) is 0 Å². The molecule has 0 saturated heterocycles. The van der Waals surface area contributed by atoms with Gasteiger partial charge >= 0.3 is 11.2 Å². The van der Waals surface area contributed by atoms with Crippen LogP contribution in [0.5, 0.6) is 0 Å².